The van der Waals surface area contributed by atoms with Gasteiger partial charge in [-0.3, -0.25) is 9.59 Å². The zero-order valence-corrected chi connectivity index (χ0v) is 12.7. The first-order valence-electron chi connectivity index (χ1n) is 8.04. The van der Waals surface area contributed by atoms with Gasteiger partial charge in [0.15, 0.2) is 0 Å². The minimum atomic E-state index is -0.904. The van der Waals surface area contributed by atoms with E-state index >= 15 is 0 Å². The van der Waals surface area contributed by atoms with Crippen LogP contribution in [0.3, 0.4) is 0 Å². The fourth-order valence-electron chi connectivity index (χ4n) is 4.70. The molecule has 0 radical (unpaired) electrons. The highest BCUT2D eigenvalue weighted by Crippen LogP contribution is 2.49. The van der Waals surface area contributed by atoms with Gasteiger partial charge in [-0.2, -0.15) is 0 Å². The molecule has 5 heteroatoms. The van der Waals surface area contributed by atoms with E-state index in [9.17, 15) is 14.7 Å². The average Bonchev–Trinajstić information content (AvgIpc) is 3.13. The minimum absolute atomic E-state index is 0.145. The van der Waals surface area contributed by atoms with Crippen molar-refractivity contribution in [1.82, 2.24) is 4.90 Å². The van der Waals surface area contributed by atoms with Gasteiger partial charge in [-0.25, -0.2) is 0 Å². The second-order valence-electron chi connectivity index (χ2n) is 7.22. The molecule has 0 aromatic carbocycles. The largest absolute Gasteiger partial charge is 0.481 e. The van der Waals surface area contributed by atoms with Crippen molar-refractivity contribution in [2.75, 3.05) is 26.8 Å². The summed E-state index contributed by atoms with van der Waals surface area (Å²) in [6.07, 6.45) is 6.25. The quantitative estimate of drug-likeness (QED) is 0.839. The molecule has 1 aliphatic heterocycles. The monoisotopic (exact) mass is 295 g/mol. The van der Waals surface area contributed by atoms with Gasteiger partial charge in [0.2, 0.25) is 5.91 Å². The number of methoxy groups -OCH3 is 1. The van der Waals surface area contributed by atoms with Crippen molar-refractivity contribution in [3.05, 3.63) is 0 Å². The Bertz CT molecular complexity index is 438. The summed E-state index contributed by atoms with van der Waals surface area (Å²) < 4.78 is 5.07. The summed E-state index contributed by atoms with van der Waals surface area (Å²) in [5, 5.41) is 9.45. The Morgan fingerprint density at radius 1 is 1.33 bits per heavy atom. The number of carboxylic acid groups (broad SMARTS) is 1. The molecule has 0 aromatic heterocycles. The molecule has 1 heterocycles. The summed E-state index contributed by atoms with van der Waals surface area (Å²) >= 11 is 0. The normalized spacial score (nSPS) is 38.1. The van der Waals surface area contributed by atoms with Crippen LogP contribution in [0.1, 0.15) is 38.5 Å². The van der Waals surface area contributed by atoms with E-state index in [4.69, 9.17) is 4.74 Å². The number of hydrogen-bond donors (Lipinski definition) is 1. The number of ether oxygens (including phenoxy) is 1. The average molecular weight is 295 g/mol. The Morgan fingerprint density at radius 3 is 2.71 bits per heavy atom. The first kappa shape index (κ1) is 14.8. The van der Waals surface area contributed by atoms with E-state index in [1.54, 1.807) is 4.90 Å². The van der Waals surface area contributed by atoms with E-state index in [2.05, 4.69) is 0 Å². The number of carbonyl (C=O) groups excluding carboxylic acids is 1. The Kier molecular flexibility index (Phi) is 3.95. The van der Waals surface area contributed by atoms with Crippen molar-refractivity contribution in [1.29, 1.82) is 0 Å². The second-order valence-corrected chi connectivity index (χ2v) is 7.22. The molecule has 4 unspecified atom stereocenters. The van der Waals surface area contributed by atoms with Gasteiger partial charge in [0.1, 0.15) is 5.41 Å². The standard InChI is InChI=1S/C16H25NO4/c1-21-10-16(15(19)20)4-5-17(9-16)14(18)8-13-7-11-2-3-12(13)6-11/h11-13H,2-10H2,1H3,(H,19,20). The molecule has 2 aliphatic carbocycles. The van der Waals surface area contributed by atoms with E-state index < -0.39 is 11.4 Å². The summed E-state index contributed by atoms with van der Waals surface area (Å²) in [6.45, 7) is 1.03. The number of fused-ring (bicyclic) bond motifs is 2. The minimum Gasteiger partial charge on any atom is -0.481 e. The number of carbonyl (C=O) groups is 2. The first-order chi connectivity index (χ1) is 10.0. The van der Waals surface area contributed by atoms with E-state index in [1.165, 1.54) is 32.8 Å². The number of aliphatic carboxylic acids is 1. The van der Waals surface area contributed by atoms with Crippen LogP contribution in [0.2, 0.25) is 0 Å². The highest BCUT2D eigenvalue weighted by Gasteiger charge is 2.47. The molecule has 1 saturated heterocycles. The van der Waals surface area contributed by atoms with Gasteiger partial charge in [0, 0.05) is 26.6 Å². The number of rotatable bonds is 5. The molecule has 21 heavy (non-hydrogen) atoms. The predicted molar refractivity (Wildman–Crippen MR) is 76.7 cm³/mol. The lowest BCUT2D eigenvalue weighted by Crippen LogP contribution is -2.40. The van der Waals surface area contributed by atoms with E-state index in [0.717, 1.165) is 11.8 Å². The number of likely N-dealkylation sites (tertiary alicyclic amines) is 1. The van der Waals surface area contributed by atoms with Crippen LogP contribution in [0, 0.1) is 23.2 Å². The van der Waals surface area contributed by atoms with E-state index in [-0.39, 0.29) is 12.5 Å². The number of hydrogen-bond acceptors (Lipinski definition) is 3. The van der Waals surface area contributed by atoms with Crippen molar-refractivity contribution in [2.45, 2.75) is 38.5 Å². The van der Waals surface area contributed by atoms with E-state index in [1.807, 2.05) is 0 Å². The third kappa shape index (κ3) is 2.68. The lowest BCUT2D eigenvalue weighted by molar-refractivity contribution is -0.151. The van der Waals surface area contributed by atoms with Gasteiger partial charge in [0.05, 0.1) is 6.61 Å². The molecule has 1 N–H and O–H groups in total. The van der Waals surface area contributed by atoms with Crippen molar-refractivity contribution < 1.29 is 19.4 Å². The molecular formula is C16H25NO4. The van der Waals surface area contributed by atoms with E-state index in [0.29, 0.717) is 31.8 Å². The maximum atomic E-state index is 12.5. The molecule has 5 nitrogen and oxygen atoms in total. The lowest BCUT2D eigenvalue weighted by Gasteiger charge is -2.26. The number of amides is 1. The molecule has 3 fully saturated rings. The maximum absolute atomic E-state index is 12.5. The van der Waals surface area contributed by atoms with Gasteiger partial charge in [0.25, 0.3) is 0 Å². The summed E-state index contributed by atoms with van der Waals surface area (Å²) in [7, 11) is 1.52. The van der Waals surface area contributed by atoms with Crippen LogP contribution in [0.25, 0.3) is 0 Å². The van der Waals surface area contributed by atoms with Gasteiger partial charge < -0.3 is 14.7 Å². The van der Waals surface area contributed by atoms with Crippen LogP contribution in [-0.4, -0.2) is 48.7 Å². The Balaban J connectivity index is 1.58. The Hall–Kier alpha value is -1.10. The van der Waals surface area contributed by atoms with Gasteiger partial charge in [-0.05, 0) is 43.4 Å². The Labute approximate surface area is 125 Å². The van der Waals surface area contributed by atoms with Crippen molar-refractivity contribution in [2.24, 2.45) is 23.2 Å². The summed E-state index contributed by atoms with van der Waals surface area (Å²) in [4.78, 5) is 25.7. The number of nitrogens with zero attached hydrogens (tertiary/aromatic N) is 1. The molecule has 0 aromatic rings. The number of carboxylic acids is 1. The second kappa shape index (κ2) is 5.59. The van der Waals surface area contributed by atoms with Crippen molar-refractivity contribution in [3.63, 3.8) is 0 Å². The van der Waals surface area contributed by atoms with Crippen LogP contribution < -0.4 is 0 Å². The molecule has 0 spiro atoms. The maximum Gasteiger partial charge on any atom is 0.313 e. The molecule has 2 bridgehead atoms. The molecule has 3 rings (SSSR count). The van der Waals surface area contributed by atoms with Crippen molar-refractivity contribution in [3.8, 4) is 0 Å². The fraction of sp³-hybridized carbons (Fsp3) is 0.875. The molecule has 118 valence electrons. The first-order valence-corrected chi connectivity index (χ1v) is 8.04. The summed E-state index contributed by atoms with van der Waals surface area (Å²) in [5.41, 5.74) is -0.904. The summed E-state index contributed by atoms with van der Waals surface area (Å²) in [5.74, 6) is 1.42. The topological polar surface area (TPSA) is 66.8 Å². The van der Waals surface area contributed by atoms with Crippen LogP contribution in [-0.2, 0) is 14.3 Å². The van der Waals surface area contributed by atoms with Crippen LogP contribution in [0.4, 0.5) is 0 Å². The highest BCUT2D eigenvalue weighted by atomic mass is 16.5. The third-order valence-corrected chi connectivity index (χ3v) is 5.90. The fourth-order valence-corrected chi connectivity index (χ4v) is 4.70. The summed E-state index contributed by atoms with van der Waals surface area (Å²) in [6, 6.07) is 0. The van der Waals surface area contributed by atoms with Gasteiger partial charge >= 0.3 is 5.97 Å². The lowest BCUT2D eigenvalue weighted by atomic mass is 9.86. The molecule has 4 atom stereocenters. The zero-order valence-electron chi connectivity index (χ0n) is 12.7. The van der Waals surface area contributed by atoms with Crippen LogP contribution >= 0.6 is 0 Å². The zero-order chi connectivity index (χ0) is 15.0. The third-order valence-electron chi connectivity index (χ3n) is 5.90. The highest BCUT2D eigenvalue weighted by molar-refractivity contribution is 5.81. The molecule has 3 aliphatic rings. The molecule has 2 saturated carbocycles. The molecular weight excluding hydrogens is 270 g/mol. The molecule has 1 amide bonds. The van der Waals surface area contributed by atoms with Crippen LogP contribution in [0.5, 0.6) is 0 Å². The smallest absolute Gasteiger partial charge is 0.313 e. The van der Waals surface area contributed by atoms with Gasteiger partial charge in [-0.1, -0.05) is 6.42 Å². The predicted octanol–water partition coefficient (Wildman–Crippen LogP) is 1.76. The van der Waals surface area contributed by atoms with Gasteiger partial charge in [-0.15, -0.1) is 0 Å². The SMILES string of the molecule is COCC1(C(=O)O)CCN(C(=O)CC2CC3CCC2C3)C1. The van der Waals surface area contributed by atoms with Crippen LogP contribution in [0.15, 0.2) is 0 Å². The Morgan fingerprint density at radius 2 is 2.14 bits per heavy atom. The van der Waals surface area contributed by atoms with Crippen molar-refractivity contribution >= 4 is 11.9 Å².